The third kappa shape index (κ3) is 4.85. The Kier molecular flexibility index (Phi) is 6.49. The average Bonchev–Trinajstić information content (AvgIpc) is 3.15. The van der Waals surface area contributed by atoms with Crippen LogP contribution in [0.1, 0.15) is 31.0 Å². The topological polar surface area (TPSA) is 85.7 Å². The van der Waals surface area contributed by atoms with Crippen LogP contribution in [0, 0.1) is 0 Å². The molecule has 1 aliphatic rings. The lowest BCUT2D eigenvalue weighted by Gasteiger charge is -2.18. The highest BCUT2D eigenvalue weighted by Crippen LogP contribution is 2.34. The Morgan fingerprint density at radius 3 is 2.44 bits per heavy atom. The SMILES string of the molecule is CC(Nc1ccc(N(C)C)nc1)C1=N[C@@H](C)c2ccc(-c3cncc(NC(=O)N(C)C)c3)cc21. The number of amides is 2. The normalized spacial score (nSPS) is 15.2. The molecule has 3 heterocycles. The van der Waals surface area contributed by atoms with Crippen molar-refractivity contribution >= 4 is 28.9 Å². The van der Waals surface area contributed by atoms with E-state index < -0.39 is 0 Å². The van der Waals surface area contributed by atoms with Crippen LogP contribution in [0.15, 0.2) is 60.0 Å². The molecule has 0 bridgehead atoms. The lowest BCUT2D eigenvalue weighted by molar-refractivity contribution is 0.230. The molecule has 0 fully saturated rings. The lowest BCUT2D eigenvalue weighted by Crippen LogP contribution is -2.27. The van der Waals surface area contributed by atoms with Crippen molar-refractivity contribution in [2.24, 2.45) is 4.99 Å². The summed E-state index contributed by atoms with van der Waals surface area (Å²) < 4.78 is 0. The van der Waals surface area contributed by atoms with Gasteiger partial charge in [-0.2, -0.15) is 0 Å². The average molecular weight is 458 g/mol. The van der Waals surface area contributed by atoms with E-state index in [-0.39, 0.29) is 18.1 Å². The van der Waals surface area contributed by atoms with E-state index in [0.717, 1.165) is 33.9 Å². The number of aliphatic imine (C=N–C) groups is 1. The van der Waals surface area contributed by atoms with E-state index in [1.807, 2.05) is 49.6 Å². The molecule has 8 nitrogen and oxygen atoms in total. The number of urea groups is 1. The van der Waals surface area contributed by atoms with Gasteiger partial charge in [0.2, 0.25) is 0 Å². The predicted molar refractivity (Wildman–Crippen MR) is 139 cm³/mol. The molecular weight excluding hydrogens is 426 g/mol. The van der Waals surface area contributed by atoms with Crippen molar-refractivity contribution in [2.75, 3.05) is 43.7 Å². The molecule has 2 N–H and O–H groups in total. The number of anilines is 3. The van der Waals surface area contributed by atoms with Gasteiger partial charge in [-0.15, -0.1) is 0 Å². The highest BCUT2D eigenvalue weighted by atomic mass is 16.2. The van der Waals surface area contributed by atoms with Gasteiger partial charge in [-0.1, -0.05) is 12.1 Å². The summed E-state index contributed by atoms with van der Waals surface area (Å²) in [7, 11) is 7.36. The molecule has 1 aliphatic heterocycles. The smallest absolute Gasteiger partial charge is 0.321 e. The fraction of sp³-hybridized carbons (Fsp3) is 0.308. The first-order chi connectivity index (χ1) is 16.2. The Morgan fingerprint density at radius 1 is 0.971 bits per heavy atom. The second kappa shape index (κ2) is 9.51. The van der Waals surface area contributed by atoms with Crippen LogP contribution in [0.5, 0.6) is 0 Å². The van der Waals surface area contributed by atoms with E-state index in [9.17, 15) is 4.79 Å². The molecular formula is C26H31N7O. The number of benzene rings is 1. The van der Waals surface area contributed by atoms with E-state index >= 15 is 0 Å². The van der Waals surface area contributed by atoms with Crippen LogP contribution in [0.2, 0.25) is 0 Å². The number of nitrogens with one attached hydrogen (secondary N) is 2. The number of carbonyl (C=O) groups excluding carboxylic acids is 1. The maximum absolute atomic E-state index is 12.0. The molecule has 1 unspecified atom stereocenters. The first-order valence-electron chi connectivity index (χ1n) is 11.3. The van der Waals surface area contributed by atoms with Crippen LogP contribution < -0.4 is 15.5 Å². The summed E-state index contributed by atoms with van der Waals surface area (Å²) in [4.78, 5) is 29.3. The second-order valence-electron chi connectivity index (χ2n) is 8.94. The Hall–Kier alpha value is -3.94. The maximum Gasteiger partial charge on any atom is 0.321 e. The third-order valence-electron chi connectivity index (χ3n) is 5.84. The number of pyridine rings is 2. The van der Waals surface area contributed by atoms with E-state index in [1.54, 1.807) is 20.3 Å². The Balaban J connectivity index is 1.58. The number of fused-ring (bicyclic) bond motifs is 1. The van der Waals surface area contributed by atoms with Gasteiger partial charge in [0, 0.05) is 45.5 Å². The van der Waals surface area contributed by atoms with Crippen molar-refractivity contribution in [1.29, 1.82) is 0 Å². The van der Waals surface area contributed by atoms with Crippen molar-refractivity contribution in [1.82, 2.24) is 14.9 Å². The van der Waals surface area contributed by atoms with Crippen molar-refractivity contribution in [2.45, 2.75) is 25.9 Å². The number of hydrogen-bond acceptors (Lipinski definition) is 6. The predicted octanol–water partition coefficient (Wildman–Crippen LogP) is 4.67. The molecule has 1 aromatic carbocycles. The Morgan fingerprint density at radius 2 is 1.76 bits per heavy atom. The van der Waals surface area contributed by atoms with Gasteiger partial charge >= 0.3 is 6.03 Å². The highest BCUT2D eigenvalue weighted by Gasteiger charge is 2.26. The number of nitrogens with zero attached hydrogens (tertiary/aromatic N) is 5. The third-order valence-corrected chi connectivity index (χ3v) is 5.84. The molecule has 0 saturated carbocycles. The van der Waals surface area contributed by atoms with Crippen LogP contribution in [0.4, 0.5) is 22.0 Å². The van der Waals surface area contributed by atoms with Gasteiger partial charge in [-0.05, 0) is 49.2 Å². The first kappa shape index (κ1) is 23.2. The maximum atomic E-state index is 12.0. The largest absolute Gasteiger partial charge is 0.376 e. The van der Waals surface area contributed by atoms with Gasteiger partial charge in [0.25, 0.3) is 0 Å². The summed E-state index contributed by atoms with van der Waals surface area (Å²) in [5, 5.41) is 6.39. The lowest BCUT2D eigenvalue weighted by atomic mass is 9.94. The molecule has 2 atom stereocenters. The van der Waals surface area contributed by atoms with E-state index in [4.69, 9.17) is 4.99 Å². The first-order valence-corrected chi connectivity index (χ1v) is 11.3. The quantitative estimate of drug-likeness (QED) is 0.562. The standard InChI is InChI=1S/C26H31N7O/c1-16-22-9-7-18(19-11-21(14-27-13-19)31-26(34)33(5)6)12-23(22)25(30-16)17(2)29-20-8-10-24(28-15-20)32(3)4/h7-17,29H,1-6H3,(H,31,34)/t16-,17?/m0/s1. The molecule has 0 aliphatic carbocycles. The zero-order valence-electron chi connectivity index (χ0n) is 20.5. The summed E-state index contributed by atoms with van der Waals surface area (Å²) >= 11 is 0. The minimum absolute atomic E-state index is 0.00907. The van der Waals surface area contributed by atoms with Crippen molar-refractivity contribution in [3.05, 3.63) is 66.1 Å². The van der Waals surface area contributed by atoms with Gasteiger partial charge < -0.3 is 20.4 Å². The van der Waals surface area contributed by atoms with Crippen molar-refractivity contribution < 1.29 is 4.79 Å². The zero-order chi connectivity index (χ0) is 24.4. The van der Waals surface area contributed by atoms with E-state index in [1.165, 1.54) is 10.5 Å². The summed E-state index contributed by atoms with van der Waals surface area (Å²) in [6.07, 6.45) is 5.30. The molecule has 176 valence electrons. The van der Waals surface area contributed by atoms with Crippen LogP contribution in [-0.2, 0) is 0 Å². The molecule has 2 amide bonds. The Bertz CT molecular complexity index is 1220. The number of aromatic nitrogens is 2. The molecule has 0 saturated heterocycles. The molecule has 4 rings (SSSR count). The fourth-order valence-corrected chi connectivity index (χ4v) is 3.97. The van der Waals surface area contributed by atoms with Gasteiger partial charge in [0.15, 0.2) is 0 Å². The number of carbonyl (C=O) groups is 1. The van der Waals surface area contributed by atoms with Crippen LogP contribution in [0.3, 0.4) is 0 Å². The number of hydrogen-bond donors (Lipinski definition) is 2. The highest BCUT2D eigenvalue weighted by molar-refractivity contribution is 6.09. The summed E-state index contributed by atoms with van der Waals surface area (Å²) in [6, 6.07) is 12.3. The zero-order valence-corrected chi connectivity index (χ0v) is 20.5. The van der Waals surface area contributed by atoms with Crippen LogP contribution in [-0.4, -0.2) is 60.8 Å². The van der Waals surface area contributed by atoms with Gasteiger partial charge in [0.1, 0.15) is 5.82 Å². The van der Waals surface area contributed by atoms with E-state index in [2.05, 4.69) is 52.6 Å². The van der Waals surface area contributed by atoms with Crippen LogP contribution in [0.25, 0.3) is 11.1 Å². The molecule has 0 radical (unpaired) electrons. The molecule has 8 heteroatoms. The molecule has 3 aromatic rings. The van der Waals surface area contributed by atoms with Crippen molar-refractivity contribution in [3.63, 3.8) is 0 Å². The van der Waals surface area contributed by atoms with Crippen molar-refractivity contribution in [3.8, 4) is 11.1 Å². The van der Waals surface area contributed by atoms with Gasteiger partial charge in [-0.25, -0.2) is 9.78 Å². The molecule has 2 aromatic heterocycles. The summed E-state index contributed by atoms with van der Waals surface area (Å²) in [5.74, 6) is 0.914. The number of rotatable bonds is 6. The van der Waals surface area contributed by atoms with Gasteiger partial charge in [0.05, 0.1) is 41.6 Å². The fourth-order valence-electron chi connectivity index (χ4n) is 3.97. The van der Waals surface area contributed by atoms with E-state index in [0.29, 0.717) is 5.69 Å². The Labute approximate surface area is 200 Å². The summed E-state index contributed by atoms with van der Waals surface area (Å²) in [6.45, 7) is 4.23. The monoisotopic (exact) mass is 457 g/mol. The minimum atomic E-state index is -0.191. The minimum Gasteiger partial charge on any atom is -0.376 e. The second-order valence-corrected chi connectivity index (χ2v) is 8.94. The van der Waals surface area contributed by atoms with Gasteiger partial charge in [-0.3, -0.25) is 9.98 Å². The summed E-state index contributed by atoms with van der Waals surface area (Å²) in [5.41, 5.74) is 6.92. The molecule has 34 heavy (non-hydrogen) atoms. The molecule has 0 spiro atoms. The van der Waals surface area contributed by atoms with Crippen LogP contribution >= 0.6 is 0 Å².